The summed E-state index contributed by atoms with van der Waals surface area (Å²) in [4.78, 5) is 24.3. The zero-order valence-corrected chi connectivity index (χ0v) is 17.1. The van der Waals surface area contributed by atoms with Crippen LogP contribution in [0.25, 0.3) is 0 Å². The Labute approximate surface area is 179 Å². The maximum Gasteiger partial charge on any atom is 0.337 e. The molecule has 0 saturated heterocycles. The first-order chi connectivity index (χ1) is 14.7. The van der Waals surface area contributed by atoms with Crippen molar-refractivity contribution in [1.29, 1.82) is 10.5 Å². The number of aliphatic carboxylic acids is 1. The summed E-state index contributed by atoms with van der Waals surface area (Å²) in [5.41, 5.74) is 4.63. The smallest absolute Gasteiger partial charge is 0.337 e. The number of fused-ring (bicyclic) bond motifs is 1. The monoisotopic (exact) mass is 425 g/mol. The van der Waals surface area contributed by atoms with Crippen molar-refractivity contribution in [2.24, 2.45) is 17.1 Å². The van der Waals surface area contributed by atoms with Crippen LogP contribution in [0.2, 0.25) is 0 Å². The second kappa shape index (κ2) is 9.39. The summed E-state index contributed by atoms with van der Waals surface area (Å²) in [6.07, 6.45) is 1.75. The number of aliphatic hydroxyl groups excluding tert-OH is 1. The van der Waals surface area contributed by atoms with Gasteiger partial charge in [-0.25, -0.2) is 4.79 Å². The third-order valence-electron chi connectivity index (χ3n) is 5.41. The molecular weight excluding hydrogens is 402 g/mol. The fourth-order valence-corrected chi connectivity index (χ4v) is 4.12. The maximum absolute atomic E-state index is 11.9. The predicted octanol–water partition coefficient (Wildman–Crippen LogP) is 1.51. The number of non-ortho nitro benzene ring substituents is 1. The van der Waals surface area contributed by atoms with Crippen LogP contribution in [0.1, 0.15) is 18.4 Å². The molecule has 3 rings (SSSR count). The number of nitro groups is 1. The van der Waals surface area contributed by atoms with E-state index in [9.17, 15) is 30.5 Å². The van der Waals surface area contributed by atoms with Crippen LogP contribution in [0.3, 0.4) is 0 Å². The van der Waals surface area contributed by atoms with Gasteiger partial charge in [0, 0.05) is 43.7 Å². The van der Waals surface area contributed by atoms with Gasteiger partial charge in [-0.15, -0.1) is 0 Å². The van der Waals surface area contributed by atoms with Crippen molar-refractivity contribution < 1.29 is 19.9 Å². The van der Waals surface area contributed by atoms with Crippen LogP contribution >= 0.6 is 0 Å². The van der Waals surface area contributed by atoms with Crippen LogP contribution in [0.15, 0.2) is 47.2 Å². The summed E-state index contributed by atoms with van der Waals surface area (Å²) in [6, 6.07) is 9.50. The quantitative estimate of drug-likeness (QED) is 0.478. The predicted molar refractivity (Wildman–Crippen MR) is 110 cm³/mol. The number of rotatable bonds is 3. The average Bonchev–Trinajstić information content (AvgIpc) is 2.73. The van der Waals surface area contributed by atoms with Crippen molar-refractivity contribution >= 4 is 11.7 Å². The number of aliphatic hydroxyl groups is 1. The van der Waals surface area contributed by atoms with E-state index in [0.29, 0.717) is 24.2 Å². The van der Waals surface area contributed by atoms with Crippen LogP contribution in [0.4, 0.5) is 5.69 Å². The van der Waals surface area contributed by atoms with Crippen molar-refractivity contribution in [3.63, 3.8) is 0 Å². The lowest BCUT2D eigenvalue weighted by Gasteiger charge is -2.45. The third-order valence-corrected chi connectivity index (χ3v) is 5.41. The van der Waals surface area contributed by atoms with E-state index in [-0.39, 0.29) is 23.6 Å². The average molecular weight is 425 g/mol. The van der Waals surface area contributed by atoms with Crippen LogP contribution in [-0.2, 0) is 4.79 Å². The lowest BCUT2D eigenvalue weighted by Crippen LogP contribution is -2.48. The normalized spacial score (nSPS) is 22.0. The van der Waals surface area contributed by atoms with Crippen LogP contribution in [0, 0.1) is 44.1 Å². The zero-order valence-electron chi connectivity index (χ0n) is 17.1. The second-order valence-electron chi connectivity index (χ2n) is 7.26. The molecule has 0 unspecified atom stereocenters. The van der Waals surface area contributed by atoms with Gasteiger partial charge in [0.1, 0.15) is 0 Å². The van der Waals surface area contributed by atoms with Gasteiger partial charge in [0.2, 0.25) is 0 Å². The van der Waals surface area contributed by atoms with E-state index in [1.807, 2.05) is 24.1 Å². The number of nitrogens with two attached hydrogens (primary N) is 1. The Bertz CT molecular complexity index is 1000. The number of likely N-dealkylation sites (N-methyl/N-ethyl adjacent to an activating group) is 1. The minimum absolute atomic E-state index is 0.120. The molecule has 0 fully saturated rings. The van der Waals surface area contributed by atoms with E-state index in [1.54, 1.807) is 13.0 Å². The molecule has 0 spiro atoms. The summed E-state index contributed by atoms with van der Waals surface area (Å²) in [7, 11) is 1.85. The Morgan fingerprint density at radius 1 is 1.35 bits per heavy atom. The zero-order chi connectivity index (χ0) is 23.3. The minimum Gasteiger partial charge on any atom is -0.478 e. The number of nitrogens with zero attached hydrogens (tertiary/aromatic N) is 4. The van der Waals surface area contributed by atoms with E-state index in [4.69, 9.17) is 10.8 Å². The molecule has 1 aliphatic heterocycles. The van der Waals surface area contributed by atoms with E-state index in [0.717, 1.165) is 0 Å². The van der Waals surface area contributed by atoms with Gasteiger partial charge in [0.05, 0.1) is 28.3 Å². The van der Waals surface area contributed by atoms with Gasteiger partial charge in [-0.2, -0.15) is 10.5 Å². The minimum atomic E-state index is -1.90. The maximum atomic E-state index is 11.9. The molecule has 0 bridgehead atoms. The largest absolute Gasteiger partial charge is 0.478 e. The van der Waals surface area contributed by atoms with Crippen molar-refractivity contribution in [3.8, 4) is 12.1 Å². The number of carbonyl (C=O) groups is 1. The number of allylic oxidation sites excluding steroid dienone is 1. The highest BCUT2D eigenvalue weighted by molar-refractivity contribution is 5.94. The molecule has 10 heteroatoms. The number of hydrogen-bond donors (Lipinski definition) is 3. The standard InChI is InChI=1S/C19H17N5O4.C2H6O/c1-23-7-6-13-14(8-23)16(11-2-4-12(5-3-11)24(27)28)19(9-20,10-21)17(22)15(13)18(25)26;1-2-3/h2-6,14,16H,7-8,22H2,1H3,(H,25,26);3H,2H2,1H3/t14-,16+;/m0./s1. The van der Waals surface area contributed by atoms with E-state index >= 15 is 0 Å². The summed E-state index contributed by atoms with van der Waals surface area (Å²) < 4.78 is 0. The molecule has 10 nitrogen and oxygen atoms in total. The Hall–Kier alpha value is -3.73. The summed E-state index contributed by atoms with van der Waals surface area (Å²) in [5, 5.41) is 48.1. The lowest BCUT2D eigenvalue weighted by atomic mass is 9.58. The highest BCUT2D eigenvalue weighted by Crippen LogP contribution is 2.54. The number of carboxylic acids is 1. The molecule has 162 valence electrons. The van der Waals surface area contributed by atoms with Crippen molar-refractivity contribution in [2.45, 2.75) is 12.8 Å². The van der Waals surface area contributed by atoms with E-state index in [1.165, 1.54) is 24.3 Å². The van der Waals surface area contributed by atoms with Crippen molar-refractivity contribution in [1.82, 2.24) is 4.90 Å². The molecule has 0 radical (unpaired) electrons. The van der Waals surface area contributed by atoms with Gasteiger partial charge in [0.15, 0.2) is 5.41 Å². The van der Waals surface area contributed by atoms with Crippen LogP contribution in [-0.4, -0.2) is 52.7 Å². The molecule has 1 aromatic rings. The number of hydrogen-bond acceptors (Lipinski definition) is 8. The van der Waals surface area contributed by atoms with Gasteiger partial charge in [-0.1, -0.05) is 18.2 Å². The Morgan fingerprint density at radius 3 is 2.35 bits per heavy atom. The molecule has 0 saturated carbocycles. The molecule has 0 aromatic heterocycles. The molecule has 2 aliphatic rings. The second-order valence-corrected chi connectivity index (χ2v) is 7.26. The topological polar surface area (TPSA) is 178 Å². The molecule has 1 heterocycles. The Morgan fingerprint density at radius 2 is 1.90 bits per heavy atom. The molecular formula is C21H23N5O5. The number of nitriles is 2. The SMILES string of the molecule is CCO.CN1CC=C2C(C(=O)O)=C(N)C(C#N)(C#N)[C@H](c3ccc([N+](=O)[O-])cc3)[C@H]2C1. The van der Waals surface area contributed by atoms with Gasteiger partial charge < -0.3 is 20.8 Å². The van der Waals surface area contributed by atoms with Gasteiger partial charge in [-0.05, 0) is 25.1 Å². The lowest BCUT2D eigenvalue weighted by molar-refractivity contribution is -0.384. The van der Waals surface area contributed by atoms with Crippen LogP contribution in [0.5, 0.6) is 0 Å². The first kappa shape index (κ1) is 23.5. The highest BCUT2D eigenvalue weighted by atomic mass is 16.6. The summed E-state index contributed by atoms with van der Waals surface area (Å²) in [6.45, 7) is 2.86. The fourth-order valence-electron chi connectivity index (χ4n) is 4.12. The first-order valence-corrected chi connectivity index (χ1v) is 9.48. The van der Waals surface area contributed by atoms with E-state index < -0.39 is 28.1 Å². The summed E-state index contributed by atoms with van der Waals surface area (Å²) in [5.74, 6) is -2.52. The van der Waals surface area contributed by atoms with Crippen molar-refractivity contribution in [3.05, 3.63) is 62.9 Å². The van der Waals surface area contributed by atoms with Crippen LogP contribution < -0.4 is 5.73 Å². The van der Waals surface area contributed by atoms with E-state index in [2.05, 4.69) is 0 Å². The van der Waals surface area contributed by atoms with Crippen molar-refractivity contribution in [2.75, 3.05) is 26.7 Å². The molecule has 0 amide bonds. The fraction of sp³-hybridized carbons (Fsp3) is 0.381. The van der Waals surface area contributed by atoms with Gasteiger partial charge >= 0.3 is 5.97 Å². The van der Waals surface area contributed by atoms with Gasteiger partial charge in [-0.3, -0.25) is 10.1 Å². The molecule has 1 aliphatic carbocycles. The molecule has 31 heavy (non-hydrogen) atoms. The molecule has 1 aromatic carbocycles. The first-order valence-electron chi connectivity index (χ1n) is 9.48. The third kappa shape index (κ3) is 4.12. The van der Waals surface area contributed by atoms with Gasteiger partial charge in [0.25, 0.3) is 5.69 Å². The number of benzene rings is 1. The summed E-state index contributed by atoms with van der Waals surface area (Å²) >= 11 is 0. The highest BCUT2D eigenvalue weighted by Gasteiger charge is 2.55. The number of nitro benzene ring substituents is 1. The molecule has 4 N–H and O–H groups in total. The molecule has 2 atom stereocenters. The number of carboxylic acid groups (broad SMARTS) is 1. The Balaban J connectivity index is 0.00000107. The Kier molecular flexibility index (Phi) is 7.13.